The summed E-state index contributed by atoms with van der Waals surface area (Å²) in [6, 6.07) is 5.28. The maximum atomic E-state index is 13.7. The molecule has 100 valence electrons. The lowest BCUT2D eigenvalue weighted by molar-refractivity contribution is 0.0685. The fraction of sp³-hybridized carbons (Fsp3) is 0.571. The van der Waals surface area contributed by atoms with E-state index in [2.05, 4.69) is 4.90 Å². The Labute approximate surface area is 108 Å². The van der Waals surface area contributed by atoms with E-state index in [1.165, 1.54) is 0 Å². The Morgan fingerprint density at radius 2 is 2.11 bits per heavy atom. The molecule has 1 fully saturated rings. The van der Waals surface area contributed by atoms with Gasteiger partial charge in [0.2, 0.25) is 0 Å². The second-order valence-corrected chi connectivity index (χ2v) is 4.92. The number of rotatable bonds is 4. The van der Waals surface area contributed by atoms with Crippen molar-refractivity contribution in [3.8, 4) is 0 Å². The topological polar surface area (TPSA) is 38.5 Å². The van der Waals surface area contributed by atoms with Crippen LogP contribution in [0.2, 0.25) is 0 Å². The van der Waals surface area contributed by atoms with Gasteiger partial charge >= 0.3 is 0 Å². The second kappa shape index (κ2) is 6.16. The number of ether oxygens (including phenoxy) is 1. The quantitative estimate of drug-likeness (QED) is 0.892. The van der Waals surface area contributed by atoms with Gasteiger partial charge in [-0.1, -0.05) is 6.07 Å². The number of benzene rings is 1. The van der Waals surface area contributed by atoms with E-state index in [-0.39, 0.29) is 12.4 Å². The lowest BCUT2D eigenvalue weighted by atomic mass is 9.99. The first-order valence-corrected chi connectivity index (χ1v) is 6.48. The molecule has 0 spiro atoms. The Morgan fingerprint density at radius 3 is 2.72 bits per heavy atom. The molecule has 0 saturated carbocycles. The summed E-state index contributed by atoms with van der Waals surface area (Å²) in [4.78, 5) is 2.11. The Bertz CT molecular complexity index is 391. The van der Waals surface area contributed by atoms with Crippen molar-refractivity contribution >= 4 is 5.69 Å². The zero-order valence-corrected chi connectivity index (χ0v) is 10.9. The van der Waals surface area contributed by atoms with E-state index < -0.39 is 0 Å². The molecule has 0 radical (unpaired) electrons. The maximum absolute atomic E-state index is 13.7. The molecule has 1 aromatic carbocycles. The monoisotopic (exact) mass is 252 g/mol. The molecule has 0 bridgehead atoms. The van der Waals surface area contributed by atoms with E-state index in [9.17, 15) is 4.39 Å². The molecule has 18 heavy (non-hydrogen) atoms. The van der Waals surface area contributed by atoms with Crippen LogP contribution in [0.25, 0.3) is 0 Å². The maximum Gasteiger partial charge on any atom is 0.129 e. The van der Waals surface area contributed by atoms with Crippen LogP contribution in [0, 0.1) is 11.7 Å². The van der Waals surface area contributed by atoms with Crippen molar-refractivity contribution in [3.05, 3.63) is 29.6 Å². The molecule has 1 aromatic rings. The molecule has 1 aliphatic rings. The van der Waals surface area contributed by atoms with Gasteiger partial charge in [0.25, 0.3) is 0 Å². The van der Waals surface area contributed by atoms with E-state index in [0.29, 0.717) is 11.5 Å². The Kier molecular flexibility index (Phi) is 4.55. The van der Waals surface area contributed by atoms with Crippen molar-refractivity contribution in [2.24, 2.45) is 11.7 Å². The minimum atomic E-state index is -0.214. The highest BCUT2D eigenvalue weighted by Crippen LogP contribution is 2.21. The van der Waals surface area contributed by atoms with Crippen molar-refractivity contribution in [2.45, 2.75) is 19.4 Å². The average Bonchev–Trinajstić information content (AvgIpc) is 2.39. The minimum Gasteiger partial charge on any atom is -0.381 e. The van der Waals surface area contributed by atoms with Crippen LogP contribution in [-0.4, -0.2) is 26.8 Å². The average molecular weight is 252 g/mol. The van der Waals surface area contributed by atoms with Gasteiger partial charge in [0.1, 0.15) is 5.82 Å². The molecule has 0 aliphatic carbocycles. The van der Waals surface area contributed by atoms with Crippen LogP contribution in [0.5, 0.6) is 0 Å². The molecular formula is C14H21FN2O. The van der Waals surface area contributed by atoms with Crippen LogP contribution in [0.3, 0.4) is 0 Å². The number of hydrogen-bond donors (Lipinski definition) is 1. The van der Waals surface area contributed by atoms with Gasteiger partial charge in [-0.15, -0.1) is 0 Å². The lowest BCUT2D eigenvalue weighted by Crippen LogP contribution is -2.29. The summed E-state index contributed by atoms with van der Waals surface area (Å²) in [7, 11) is 2.01. The summed E-state index contributed by atoms with van der Waals surface area (Å²) in [6.45, 7) is 2.89. The second-order valence-electron chi connectivity index (χ2n) is 4.92. The van der Waals surface area contributed by atoms with Crippen LogP contribution in [0.15, 0.2) is 18.2 Å². The zero-order chi connectivity index (χ0) is 13.0. The highest BCUT2D eigenvalue weighted by atomic mass is 19.1. The molecule has 0 unspecified atom stereocenters. The largest absolute Gasteiger partial charge is 0.381 e. The molecule has 1 heterocycles. The van der Waals surface area contributed by atoms with E-state index in [1.807, 2.05) is 13.1 Å². The van der Waals surface area contributed by atoms with E-state index in [1.54, 1.807) is 12.1 Å². The van der Waals surface area contributed by atoms with Crippen molar-refractivity contribution in [2.75, 3.05) is 31.7 Å². The van der Waals surface area contributed by atoms with Gasteiger partial charge in [-0.3, -0.25) is 0 Å². The Balaban J connectivity index is 1.99. The highest BCUT2D eigenvalue weighted by Gasteiger charge is 2.16. The molecule has 0 aromatic heterocycles. The normalized spacial score (nSPS) is 16.8. The molecule has 0 atom stereocenters. The number of anilines is 1. The zero-order valence-electron chi connectivity index (χ0n) is 10.9. The van der Waals surface area contributed by atoms with E-state index >= 15 is 0 Å². The van der Waals surface area contributed by atoms with Crippen molar-refractivity contribution in [1.29, 1.82) is 0 Å². The number of hydrogen-bond acceptors (Lipinski definition) is 3. The first-order chi connectivity index (χ1) is 8.70. The molecule has 2 N–H and O–H groups in total. The third-order valence-electron chi connectivity index (χ3n) is 3.57. The van der Waals surface area contributed by atoms with E-state index in [4.69, 9.17) is 10.5 Å². The molecular weight excluding hydrogens is 231 g/mol. The number of halogens is 1. The number of nitrogens with two attached hydrogens (primary N) is 1. The fourth-order valence-corrected chi connectivity index (χ4v) is 2.36. The summed E-state index contributed by atoms with van der Waals surface area (Å²) in [5.41, 5.74) is 6.94. The summed E-state index contributed by atoms with van der Waals surface area (Å²) in [6.07, 6.45) is 2.18. The Morgan fingerprint density at radius 1 is 1.39 bits per heavy atom. The standard InChI is InChI=1S/C14H21FN2O/c1-17(10-11-4-6-18-7-5-11)13-3-2-12(9-16)14(15)8-13/h2-3,8,11H,4-7,9-10,16H2,1H3. The first kappa shape index (κ1) is 13.3. The fourth-order valence-electron chi connectivity index (χ4n) is 2.36. The Hall–Kier alpha value is -1.13. The van der Waals surface area contributed by atoms with Gasteiger partial charge in [-0.2, -0.15) is 0 Å². The van der Waals surface area contributed by atoms with Gasteiger partial charge < -0.3 is 15.4 Å². The molecule has 1 saturated heterocycles. The predicted molar refractivity (Wildman–Crippen MR) is 71.1 cm³/mol. The van der Waals surface area contributed by atoms with Crippen LogP contribution < -0.4 is 10.6 Å². The summed E-state index contributed by atoms with van der Waals surface area (Å²) in [5.74, 6) is 0.426. The molecule has 0 amide bonds. The van der Waals surface area contributed by atoms with Crippen molar-refractivity contribution in [3.63, 3.8) is 0 Å². The van der Waals surface area contributed by atoms with Crippen molar-refractivity contribution < 1.29 is 9.13 Å². The van der Waals surface area contributed by atoms with Gasteiger partial charge in [0.15, 0.2) is 0 Å². The van der Waals surface area contributed by atoms with Crippen molar-refractivity contribution in [1.82, 2.24) is 0 Å². The summed E-state index contributed by atoms with van der Waals surface area (Å²) >= 11 is 0. The lowest BCUT2D eigenvalue weighted by Gasteiger charge is -2.28. The van der Waals surface area contributed by atoms with E-state index in [0.717, 1.165) is 38.3 Å². The third-order valence-corrected chi connectivity index (χ3v) is 3.57. The van der Waals surface area contributed by atoms with Crippen LogP contribution >= 0.6 is 0 Å². The molecule has 2 rings (SSSR count). The number of nitrogens with zero attached hydrogens (tertiary/aromatic N) is 1. The van der Waals surface area contributed by atoms with Gasteiger partial charge in [-0.05, 0) is 30.9 Å². The van der Waals surface area contributed by atoms with Crippen LogP contribution in [-0.2, 0) is 11.3 Å². The van der Waals surface area contributed by atoms with Gasteiger partial charge in [-0.25, -0.2) is 4.39 Å². The minimum absolute atomic E-state index is 0.214. The smallest absolute Gasteiger partial charge is 0.129 e. The molecule has 3 nitrogen and oxygen atoms in total. The molecule has 4 heteroatoms. The SMILES string of the molecule is CN(CC1CCOCC1)c1ccc(CN)c(F)c1. The molecule has 1 aliphatic heterocycles. The van der Waals surface area contributed by atoms with Gasteiger partial charge in [0, 0.05) is 44.6 Å². The third kappa shape index (κ3) is 3.21. The van der Waals surface area contributed by atoms with Crippen LogP contribution in [0.4, 0.5) is 10.1 Å². The van der Waals surface area contributed by atoms with Crippen LogP contribution in [0.1, 0.15) is 18.4 Å². The highest BCUT2D eigenvalue weighted by molar-refractivity contribution is 5.47. The summed E-state index contributed by atoms with van der Waals surface area (Å²) < 4.78 is 19.0. The predicted octanol–water partition coefficient (Wildman–Crippen LogP) is 2.15. The summed E-state index contributed by atoms with van der Waals surface area (Å²) in [5, 5.41) is 0. The van der Waals surface area contributed by atoms with Gasteiger partial charge in [0.05, 0.1) is 0 Å². The first-order valence-electron chi connectivity index (χ1n) is 6.48.